The van der Waals surface area contributed by atoms with Crippen molar-refractivity contribution in [1.29, 1.82) is 0 Å². The molecule has 0 aromatic heterocycles. The average molecular weight is 461 g/mol. The van der Waals surface area contributed by atoms with Crippen molar-refractivity contribution in [2.75, 3.05) is 19.6 Å². The molecule has 1 N–H and O–H groups in total. The third-order valence-corrected chi connectivity index (χ3v) is 5.96. The molecule has 180 valence electrons. The molecule has 3 atom stereocenters. The summed E-state index contributed by atoms with van der Waals surface area (Å²) in [5, 5.41) is 1.40. The van der Waals surface area contributed by atoms with Gasteiger partial charge in [-0.15, -0.1) is 0 Å². The highest BCUT2D eigenvalue weighted by atomic mass is 16.7. The van der Waals surface area contributed by atoms with Gasteiger partial charge in [-0.25, -0.2) is 15.1 Å². The van der Waals surface area contributed by atoms with E-state index in [1.807, 2.05) is 51.1 Å². The van der Waals surface area contributed by atoms with Crippen LogP contribution in [-0.2, 0) is 25.8 Å². The van der Waals surface area contributed by atoms with E-state index in [4.69, 9.17) is 14.4 Å². The van der Waals surface area contributed by atoms with Gasteiger partial charge in [-0.1, -0.05) is 30.3 Å². The number of carbonyl (C=O) groups excluding carboxylic acids is 3. The molecule has 33 heavy (non-hydrogen) atoms. The number of hydrogen-bond acceptors (Lipinski definition) is 6. The van der Waals surface area contributed by atoms with Gasteiger partial charge in [-0.2, -0.15) is 5.06 Å². The number of urea groups is 1. The number of likely N-dealkylation sites (tertiary alicyclic amines) is 1. The fourth-order valence-electron chi connectivity index (χ4n) is 4.31. The minimum atomic E-state index is -0.609. The Balaban J connectivity index is 1.24. The monoisotopic (exact) mass is 460 g/mol. The summed E-state index contributed by atoms with van der Waals surface area (Å²) >= 11 is 0. The molecule has 10 heteroatoms. The number of hydroxylamine groups is 3. The molecule has 4 amide bonds. The summed E-state index contributed by atoms with van der Waals surface area (Å²) in [6.45, 7) is 7.03. The fraction of sp³-hybridized carbons (Fsp3) is 0.609. The van der Waals surface area contributed by atoms with Gasteiger partial charge in [0.15, 0.2) is 0 Å². The van der Waals surface area contributed by atoms with Crippen LogP contribution in [0.15, 0.2) is 30.3 Å². The van der Waals surface area contributed by atoms with Crippen LogP contribution in [0.4, 0.5) is 9.59 Å². The van der Waals surface area contributed by atoms with Crippen molar-refractivity contribution < 1.29 is 28.8 Å². The lowest BCUT2D eigenvalue weighted by atomic mass is 10.0. The minimum Gasteiger partial charge on any atom is -0.444 e. The van der Waals surface area contributed by atoms with Crippen LogP contribution in [-0.4, -0.2) is 76.3 Å². The summed E-state index contributed by atoms with van der Waals surface area (Å²) in [6.07, 6.45) is 1.08. The maximum Gasteiger partial charge on any atom is 0.410 e. The van der Waals surface area contributed by atoms with Crippen LogP contribution in [0.1, 0.15) is 45.6 Å². The van der Waals surface area contributed by atoms with E-state index < -0.39 is 17.7 Å². The van der Waals surface area contributed by atoms with Crippen molar-refractivity contribution in [3.63, 3.8) is 0 Å². The van der Waals surface area contributed by atoms with E-state index in [0.29, 0.717) is 45.5 Å². The van der Waals surface area contributed by atoms with E-state index in [1.54, 1.807) is 9.80 Å². The Hall–Kier alpha value is -2.85. The second-order valence-electron chi connectivity index (χ2n) is 9.69. The lowest BCUT2D eigenvalue weighted by Gasteiger charge is -2.29. The highest BCUT2D eigenvalue weighted by molar-refractivity contribution is 5.88. The van der Waals surface area contributed by atoms with Gasteiger partial charge in [0.1, 0.15) is 24.4 Å². The van der Waals surface area contributed by atoms with Crippen LogP contribution in [0.3, 0.4) is 0 Å². The molecular formula is C23H32N4O6. The van der Waals surface area contributed by atoms with Crippen molar-refractivity contribution >= 4 is 18.0 Å². The molecule has 1 unspecified atom stereocenters. The molecule has 10 nitrogen and oxygen atoms in total. The van der Waals surface area contributed by atoms with Crippen LogP contribution in [0, 0.1) is 0 Å². The topological polar surface area (TPSA) is 101 Å². The van der Waals surface area contributed by atoms with E-state index >= 15 is 0 Å². The Morgan fingerprint density at radius 2 is 1.85 bits per heavy atom. The van der Waals surface area contributed by atoms with Crippen LogP contribution in [0.25, 0.3) is 0 Å². The van der Waals surface area contributed by atoms with E-state index in [0.717, 1.165) is 5.56 Å². The summed E-state index contributed by atoms with van der Waals surface area (Å²) in [4.78, 5) is 52.3. The van der Waals surface area contributed by atoms with Crippen LogP contribution in [0.2, 0.25) is 0 Å². The van der Waals surface area contributed by atoms with Crippen LogP contribution in [0.5, 0.6) is 0 Å². The van der Waals surface area contributed by atoms with Crippen molar-refractivity contribution in [2.45, 2.75) is 70.4 Å². The largest absolute Gasteiger partial charge is 0.444 e. The molecular weight excluding hydrogens is 428 g/mol. The first-order valence-electron chi connectivity index (χ1n) is 11.4. The zero-order valence-corrected chi connectivity index (χ0v) is 19.4. The van der Waals surface area contributed by atoms with Gasteiger partial charge in [0.25, 0.3) is 5.91 Å². The van der Waals surface area contributed by atoms with Crippen molar-refractivity contribution in [3.8, 4) is 0 Å². The molecule has 3 aliphatic heterocycles. The number of rotatable bonds is 6. The van der Waals surface area contributed by atoms with Crippen molar-refractivity contribution in [1.82, 2.24) is 20.3 Å². The first-order chi connectivity index (χ1) is 15.7. The first-order valence-corrected chi connectivity index (χ1v) is 11.4. The van der Waals surface area contributed by atoms with Gasteiger partial charge in [-0.3, -0.25) is 14.5 Å². The molecule has 3 saturated heterocycles. The molecule has 3 heterocycles. The predicted octanol–water partition coefficient (Wildman–Crippen LogP) is 2.44. The van der Waals surface area contributed by atoms with Gasteiger partial charge in [-0.05, 0) is 45.6 Å². The molecule has 0 aliphatic carbocycles. The number of amides is 4. The molecule has 4 rings (SSSR count). The quantitative estimate of drug-likeness (QED) is 0.655. The van der Waals surface area contributed by atoms with Crippen LogP contribution < -0.4 is 5.48 Å². The average Bonchev–Trinajstić information content (AvgIpc) is 3.34. The summed E-state index contributed by atoms with van der Waals surface area (Å²) < 4.78 is 5.38. The van der Waals surface area contributed by atoms with Gasteiger partial charge in [0.2, 0.25) is 0 Å². The SMILES string of the molecule is CC(C)(C)OC(=O)N1CCC(ONC(=O)[C@@H]2CC[C@@H]3CN2C(=O)N3OCc2ccccc2)C1. The Morgan fingerprint density at radius 1 is 1.09 bits per heavy atom. The molecule has 1 aromatic rings. The van der Waals surface area contributed by atoms with E-state index in [1.165, 1.54) is 5.06 Å². The van der Waals surface area contributed by atoms with Gasteiger partial charge < -0.3 is 14.5 Å². The molecule has 2 bridgehead atoms. The number of fused-ring (bicyclic) bond motifs is 2. The van der Waals surface area contributed by atoms with Crippen LogP contribution >= 0.6 is 0 Å². The summed E-state index contributed by atoms with van der Waals surface area (Å²) in [5.74, 6) is -0.359. The van der Waals surface area contributed by atoms with Gasteiger partial charge in [0, 0.05) is 13.1 Å². The highest BCUT2D eigenvalue weighted by Crippen LogP contribution is 2.30. The molecule has 0 spiro atoms. The van der Waals surface area contributed by atoms with Gasteiger partial charge in [0.05, 0.1) is 12.6 Å². The third-order valence-electron chi connectivity index (χ3n) is 5.96. The molecule has 0 saturated carbocycles. The maximum atomic E-state index is 12.9. The number of nitrogens with zero attached hydrogens (tertiary/aromatic N) is 3. The maximum absolute atomic E-state index is 12.9. The molecule has 1 aromatic carbocycles. The fourth-order valence-corrected chi connectivity index (χ4v) is 4.31. The second-order valence-corrected chi connectivity index (χ2v) is 9.69. The zero-order valence-electron chi connectivity index (χ0n) is 19.4. The zero-order chi connectivity index (χ0) is 23.6. The number of piperidine rings is 1. The number of carbonyl (C=O) groups is 3. The summed E-state index contributed by atoms with van der Waals surface area (Å²) in [7, 11) is 0. The van der Waals surface area contributed by atoms with E-state index in [2.05, 4.69) is 5.48 Å². The Bertz CT molecular complexity index is 873. The minimum absolute atomic E-state index is 0.0663. The number of ether oxygens (including phenoxy) is 1. The third kappa shape index (κ3) is 5.56. The normalized spacial score (nSPS) is 24.9. The summed E-state index contributed by atoms with van der Waals surface area (Å²) in [5.41, 5.74) is 2.92. The number of hydrogen-bond donors (Lipinski definition) is 1. The number of nitrogens with one attached hydrogen (secondary N) is 1. The van der Waals surface area contributed by atoms with E-state index in [9.17, 15) is 14.4 Å². The van der Waals surface area contributed by atoms with Crippen molar-refractivity contribution in [3.05, 3.63) is 35.9 Å². The van der Waals surface area contributed by atoms with Crippen molar-refractivity contribution in [2.24, 2.45) is 0 Å². The number of benzene rings is 1. The smallest absolute Gasteiger partial charge is 0.410 e. The second kappa shape index (κ2) is 9.56. The highest BCUT2D eigenvalue weighted by Gasteiger charge is 2.48. The van der Waals surface area contributed by atoms with Gasteiger partial charge >= 0.3 is 12.1 Å². The standard InChI is InChI=1S/C23H32N4O6/c1-23(2,3)32-22(30)25-12-11-18(14-25)33-24-20(28)19-10-9-17-13-26(19)21(29)27(17)31-15-16-7-5-4-6-8-16/h4-8,17-19H,9-15H2,1-3H3,(H,24,28)/t17-,18?,19+/m1/s1. The molecule has 3 fully saturated rings. The lowest BCUT2D eigenvalue weighted by molar-refractivity contribution is -0.143. The Labute approximate surface area is 193 Å². The predicted molar refractivity (Wildman–Crippen MR) is 117 cm³/mol. The Kier molecular flexibility index (Phi) is 6.76. The first kappa shape index (κ1) is 23.3. The molecule has 3 aliphatic rings. The lowest BCUT2D eigenvalue weighted by Crippen LogP contribution is -2.50. The summed E-state index contributed by atoms with van der Waals surface area (Å²) in [6, 6.07) is 8.67. The molecule has 0 radical (unpaired) electrons. The Morgan fingerprint density at radius 3 is 2.58 bits per heavy atom. The van der Waals surface area contributed by atoms with E-state index in [-0.39, 0.29) is 24.1 Å².